The fraction of sp³-hybridized carbons (Fsp3) is 0.818. The molecule has 0 radical (unpaired) electrons. The molecule has 18 heavy (non-hydrogen) atoms. The van der Waals surface area contributed by atoms with Crippen LogP contribution in [0.25, 0.3) is 0 Å². The molecular formula is C11H20N2O5. The summed E-state index contributed by atoms with van der Waals surface area (Å²) < 4.78 is 5.32. The van der Waals surface area contributed by atoms with Crippen molar-refractivity contribution in [1.29, 1.82) is 0 Å². The van der Waals surface area contributed by atoms with E-state index in [9.17, 15) is 14.7 Å². The molecule has 2 aliphatic heterocycles. The molecule has 3 amide bonds. The molecule has 3 N–H and O–H groups in total. The maximum Gasteiger partial charge on any atom is 0.326 e. The largest absolute Gasteiger partial charge is 0.394 e. The number of hydrogen-bond donors (Lipinski definition) is 3. The van der Waals surface area contributed by atoms with Crippen molar-refractivity contribution < 1.29 is 24.5 Å². The number of carbonyl (C=O) groups excluding carboxylic acids is 2. The lowest BCUT2D eigenvalue weighted by Crippen LogP contribution is -2.53. The Labute approximate surface area is 106 Å². The summed E-state index contributed by atoms with van der Waals surface area (Å²) in [6, 6.07) is -0.507. The lowest BCUT2D eigenvalue weighted by Gasteiger charge is -2.31. The van der Waals surface area contributed by atoms with Gasteiger partial charge in [0.05, 0.1) is 12.7 Å². The van der Waals surface area contributed by atoms with Crippen LogP contribution in [0.15, 0.2) is 0 Å². The molecule has 0 saturated carbocycles. The van der Waals surface area contributed by atoms with E-state index in [1.54, 1.807) is 0 Å². The molecule has 2 saturated heterocycles. The Morgan fingerprint density at radius 1 is 1.44 bits per heavy atom. The molecule has 2 aliphatic rings. The van der Waals surface area contributed by atoms with Crippen LogP contribution in [0.3, 0.4) is 0 Å². The zero-order chi connectivity index (χ0) is 13.7. The van der Waals surface area contributed by atoms with E-state index in [1.165, 1.54) is 4.90 Å². The van der Waals surface area contributed by atoms with Crippen molar-refractivity contribution in [2.75, 3.05) is 13.2 Å². The fourth-order valence-electron chi connectivity index (χ4n) is 1.92. The number of aliphatic hydroxyl groups is 2. The summed E-state index contributed by atoms with van der Waals surface area (Å²) in [7, 11) is 0. The normalized spacial score (nSPS) is 31.8. The van der Waals surface area contributed by atoms with Gasteiger partial charge in [0, 0.05) is 19.4 Å². The molecule has 2 heterocycles. The zero-order valence-corrected chi connectivity index (χ0v) is 10.6. The van der Waals surface area contributed by atoms with E-state index in [0.29, 0.717) is 0 Å². The predicted molar refractivity (Wildman–Crippen MR) is 62.6 cm³/mol. The summed E-state index contributed by atoms with van der Waals surface area (Å²) in [6.07, 6.45) is -1.52. The van der Waals surface area contributed by atoms with Crippen LogP contribution in [0.2, 0.25) is 0 Å². The SMILES string of the molecule is CC.O=C1CCN(C2CC(O)C(CO)O2)C(=O)N1. The number of amides is 3. The van der Waals surface area contributed by atoms with Gasteiger partial charge in [0.2, 0.25) is 5.91 Å². The van der Waals surface area contributed by atoms with E-state index in [1.807, 2.05) is 13.8 Å². The van der Waals surface area contributed by atoms with Crippen LogP contribution in [0.1, 0.15) is 26.7 Å². The maximum atomic E-state index is 11.5. The minimum atomic E-state index is -0.777. The molecule has 2 rings (SSSR count). The molecule has 0 aromatic rings. The van der Waals surface area contributed by atoms with Gasteiger partial charge in [-0.3, -0.25) is 15.0 Å². The van der Waals surface area contributed by atoms with Crippen LogP contribution in [0, 0.1) is 0 Å². The Bertz CT molecular complexity index is 310. The third-order valence-electron chi connectivity index (χ3n) is 2.82. The third kappa shape index (κ3) is 3.18. The van der Waals surface area contributed by atoms with Crippen molar-refractivity contribution in [3.8, 4) is 0 Å². The highest BCUT2D eigenvalue weighted by molar-refractivity contribution is 5.96. The summed E-state index contributed by atoms with van der Waals surface area (Å²) in [5.41, 5.74) is 0. The maximum absolute atomic E-state index is 11.5. The first kappa shape index (κ1) is 14.9. The van der Waals surface area contributed by atoms with E-state index in [-0.39, 0.29) is 31.9 Å². The van der Waals surface area contributed by atoms with Gasteiger partial charge >= 0.3 is 6.03 Å². The van der Waals surface area contributed by atoms with Crippen molar-refractivity contribution in [3.05, 3.63) is 0 Å². The second-order valence-corrected chi connectivity index (χ2v) is 3.91. The van der Waals surface area contributed by atoms with Crippen molar-refractivity contribution in [2.45, 2.75) is 45.1 Å². The van der Waals surface area contributed by atoms with Gasteiger partial charge in [0.1, 0.15) is 12.3 Å². The molecule has 7 nitrogen and oxygen atoms in total. The van der Waals surface area contributed by atoms with Gasteiger partial charge in [-0.2, -0.15) is 0 Å². The molecule has 3 unspecified atom stereocenters. The number of carbonyl (C=O) groups is 2. The Hall–Kier alpha value is -1.18. The van der Waals surface area contributed by atoms with Crippen molar-refractivity contribution in [2.24, 2.45) is 0 Å². The van der Waals surface area contributed by atoms with E-state index >= 15 is 0 Å². The van der Waals surface area contributed by atoms with Gasteiger partial charge in [0.25, 0.3) is 0 Å². The van der Waals surface area contributed by atoms with Crippen molar-refractivity contribution in [3.63, 3.8) is 0 Å². The lowest BCUT2D eigenvalue weighted by molar-refractivity contribution is -0.123. The highest BCUT2D eigenvalue weighted by Crippen LogP contribution is 2.24. The first-order valence-electron chi connectivity index (χ1n) is 6.16. The highest BCUT2D eigenvalue weighted by atomic mass is 16.5. The van der Waals surface area contributed by atoms with Gasteiger partial charge in [-0.25, -0.2) is 4.79 Å². The number of nitrogens with one attached hydrogen (secondary N) is 1. The van der Waals surface area contributed by atoms with E-state index in [4.69, 9.17) is 9.84 Å². The third-order valence-corrected chi connectivity index (χ3v) is 2.82. The quantitative estimate of drug-likeness (QED) is 0.617. The van der Waals surface area contributed by atoms with Gasteiger partial charge in [-0.05, 0) is 0 Å². The van der Waals surface area contributed by atoms with E-state index in [2.05, 4.69) is 5.32 Å². The minimum absolute atomic E-state index is 0.228. The number of imide groups is 1. The smallest absolute Gasteiger partial charge is 0.326 e. The summed E-state index contributed by atoms with van der Waals surface area (Å²) in [6.45, 7) is 3.99. The Kier molecular flexibility index (Phi) is 5.52. The molecular weight excluding hydrogens is 240 g/mol. The van der Waals surface area contributed by atoms with Crippen LogP contribution in [-0.2, 0) is 9.53 Å². The van der Waals surface area contributed by atoms with Gasteiger partial charge in [-0.15, -0.1) is 0 Å². The fourth-order valence-corrected chi connectivity index (χ4v) is 1.92. The second-order valence-electron chi connectivity index (χ2n) is 3.91. The van der Waals surface area contributed by atoms with Gasteiger partial charge < -0.3 is 14.9 Å². The molecule has 104 valence electrons. The number of aliphatic hydroxyl groups excluding tert-OH is 2. The minimum Gasteiger partial charge on any atom is -0.394 e. The Morgan fingerprint density at radius 3 is 2.61 bits per heavy atom. The molecule has 0 aromatic carbocycles. The molecule has 0 spiro atoms. The molecule has 2 fully saturated rings. The lowest BCUT2D eigenvalue weighted by atomic mass is 10.2. The summed E-state index contributed by atoms with van der Waals surface area (Å²) in [5.74, 6) is -0.307. The van der Waals surface area contributed by atoms with Gasteiger partial charge in [0.15, 0.2) is 0 Å². The molecule has 0 aromatic heterocycles. The van der Waals surface area contributed by atoms with Crippen LogP contribution in [0.5, 0.6) is 0 Å². The monoisotopic (exact) mass is 260 g/mol. The van der Waals surface area contributed by atoms with Crippen LogP contribution in [-0.4, -0.2) is 58.6 Å². The predicted octanol–water partition coefficient (Wildman–Crippen LogP) is -0.577. The molecule has 0 aliphatic carbocycles. The average molecular weight is 260 g/mol. The standard InChI is InChI=1S/C9H14N2O5.C2H6/c12-4-6-5(13)3-8(16-6)11-2-1-7(14)10-9(11)15;1-2/h5-6,8,12-13H,1-4H2,(H,10,14,15);1-2H3. The highest BCUT2D eigenvalue weighted by Gasteiger charge is 2.40. The first-order chi connectivity index (χ1) is 8.61. The average Bonchev–Trinajstić information content (AvgIpc) is 2.73. The molecule has 3 atom stereocenters. The summed E-state index contributed by atoms with van der Waals surface area (Å²) in [5, 5.41) is 20.6. The molecule has 0 bridgehead atoms. The van der Waals surface area contributed by atoms with E-state index in [0.717, 1.165) is 0 Å². The second kappa shape index (κ2) is 6.67. The zero-order valence-electron chi connectivity index (χ0n) is 10.6. The summed E-state index contributed by atoms with van der Waals surface area (Å²) in [4.78, 5) is 23.8. The number of urea groups is 1. The number of rotatable bonds is 2. The topological polar surface area (TPSA) is 99.1 Å². The van der Waals surface area contributed by atoms with Crippen molar-refractivity contribution >= 4 is 11.9 Å². The number of nitrogens with zero attached hydrogens (tertiary/aromatic N) is 1. The Morgan fingerprint density at radius 2 is 2.11 bits per heavy atom. The Balaban J connectivity index is 0.000000771. The van der Waals surface area contributed by atoms with Crippen molar-refractivity contribution in [1.82, 2.24) is 10.2 Å². The summed E-state index contributed by atoms with van der Waals surface area (Å²) >= 11 is 0. The van der Waals surface area contributed by atoms with Crippen LogP contribution >= 0.6 is 0 Å². The molecule has 7 heteroatoms. The van der Waals surface area contributed by atoms with Gasteiger partial charge in [-0.1, -0.05) is 13.8 Å². The van der Waals surface area contributed by atoms with Crippen LogP contribution < -0.4 is 5.32 Å². The number of hydrogen-bond acceptors (Lipinski definition) is 5. The van der Waals surface area contributed by atoms with E-state index < -0.39 is 24.5 Å². The first-order valence-corrected chi connectivity index (χ1v) is 6.16. The number of ether oxygens (including phenoxy) is 1. The van der Waals surface area contributed by atoms with Crippen LogP contribution in [0.4, 0.5) is 4.79 Å².